The molecule has 3 heterocycles. The first-order valence-corrected chi connectivity index (χ1v) is 10.6. The number of anilines is 1. The molecule has 5 rings (SSSR count). The summed E-state index contributed by atoms with van der Waals surface area (Å²) in [7, 11) is 0. The number of hydrogen-bond donors (Lipinski definition) is 1. The number of hydrogen-bond acceptors (Lipinski definition) is 5. The second-order valence-electron chi connectivity index (χ2n) is 7.13. The maximum absolute atomic E-state index is 13.1. The van der Waals surface area contributed by atoms with Crippen LogP contribution in [0, 0.1) is 0 Å². The van der Waals surface area contributed by atoms with Crippen LogP contribution in [-0.2, 0) is 11.2 Å². The summed E-state index contributed by atoms with van der Waals surface area (Å²) in [5, 5.41) is 4.74. The lowest BCUT2D eigenvalue weighted by molar-refractivity contribution is -0.117. The van der Waals surface area contributed by atoms with E-state index in [1.165, 1.54) is 23.5 Å². The van der Waals surface area contributed by atoms with Gasteiger partial charge in [-0.3, -0.25) is 9.59 Å². The van der Waals surface area contributed by atoms with Gasteiger partial charge in [0, 0.05) is 12.2 Å². The Labute approximate surface area is 176 Å². The number of nitrogens with zero attached hydrogens (tertiary/aromatic N) is 4. The highest BCUT2D eigenvalue weighted by Gasteiger charge is 2.29. The number of thioether (sulfide) groups is 1. The third-order valence-electron chi connectivity index (χ3n) is 5.21. The van der Waals surface area contributed by atoms with Crippen molar-refractivity contribution in [2.24, 2.45) is 0 Å². The van der Waals surface area contributed by atoms with Crippen molar-refractivity contribution in [1.82, 2.24) is 19.7 Å². The second-order valence-corrected chi connectivity index (χ2v) is 8.46. The van der Waals surface area contributed by atoms with E-state index in [4.69, 9.17) is 0 Å². The zero-order chi connectivity index (χ0) is 20.7. The van der Waals surface area contributed by atoms with Crippen molar-refractivity contribution in [2.45, 2.75) is 23.8 Å². The minimum atomic E-state index is -0.398. The van der Waals surface area contributed by atoms with E-state index in [2.05, 4.69) is 21.1 Å². The number of aromatic amines is 1. The molecule has 0 spiro atoms. The maximum atomic E-state index is 13.1. The van der Waals surface area contributed by atoms with Gasteiger partial charge in [0.05, 0.1) is 17.1 Å². The molecule has 1 aliphatic heterocycles. The number of H-pyrrole nitrogens is 1. The first-order chi connectivity index (χ1) is 14.6. The van der Waals surface area contributed by atoms with Crippen molar-refractivity contribution in [3.05, 3.63) is 76.7 Å². The summed E-state index contributed by atoms with van der Waals surface area (Å²) in [6, 6.07) is 17.5. The van der Waals surface area contributed by atoms with Crippen molar-refractivity contribution < 1.29 is 4.79 Å². The lowest BCUT2D eigenvalue weighted by Gasteiger charge is -2.21. The maximum Gasteiger partial charge on any atom is 0.262 e. The lowest BCUT2D eigenvalue weighted by atomic mass is 10.2. The van der Waals surface area contributed by atoms with Gasteiger partial charge in [-0.1, -0.05) is 48.2 Å². The van der Waals surface area contributed by atoms with Crippen LogP contribution in [0.1, 0.15) is 12.5 Å². The fraction of sp³-hybridized carbons (Fsp3) is 0.182. The Bertz CT molecular complexity index is 1300. The van der Waals surface area contributed by atoms with E-state index in [0.717, 1.165) is 17.8 Å². The molecule has 0 bridgehead atoms. The third-order valence-corrected chi connectivity index (χ3v) is 6.18. The van der Waals surface area contributed by atoms with Crippen LogP contribution in [0.3, 0.4) is 0 Å². The molecule has 0 saturated heterocycles. The van der Waals surface area contributed by atoms with Crippen LogP contribution in [0.25, 0.3) is 16.7 Å². The summed E-state index contributed by atoms with van der Waals surface area (Å²) < 4.78 is 1.64. The number of benzene rings is 2. The molecule has 150 valence electrons. The highest BCUT2D eigenvalue weighted by atomic mass is 32.2. The Hall–Kier alpha value is -3.39. The number of rotatable bonds is 4. The summed E-state index contributed by atoms with van der Waals surface area (Å²) >= 11 is 1.25. The Morgan fingerprint density at radius 3 is 2.73 bits per heavy atom. The summed E-state index contributed by atoms with van der Waals surface area (Å²) in [5.74, 6) is 0.00395. The smallest absolute Gasteiger partial charge is 0.262 e. The fourth-order valence-electron chi connectivity index (χ4n) is 3.72. The Balaban J connectivity index is 1.44. The van der Waals surface area contributed by atoms with Crippen LogP contribution in [0.15, 0.2) is 70.7 Å². The summed E-state index contributed by atoms with van der Waals surface area (Å²) in [6.45, 7) is 2.51. The number of para-hydroxylation sites is 2. The Kier molecular flexibility index (Phi) is 4.63. The van der Waals surface area contributed by atoms with Crippen LogP contribution in [0.2, 0.25) is 0 Å². The average Bonchev–Trinajstić information content (AvgIpc) is 3.38. The zero-order valence-electron chi connectivity index (χ0n) is 16.3. The molecule has 0 fully saturated rings. The van der Waals surface area contributed by atoms with Gasteiger partial charge in [-0.15, -0.1) is 0 Å². The van der Waals surface area contributed by atoms with E-state index < -0.39 is 5.25 Å². The molecule has 4 aromatic rings. The molecular weight excluding hydrogens is 398 g/mol. The van der Waals surface area contributed by atoms with Crippen molar-refractivity contribution >= 4 is 34.4 Å². The van der Waals surface area contributed by atoms with Gasteiger partial charge in [0.15, 0.2) is 10.8 Å². The van der Waals surface area contributed by atoms with Crippen molar-refractivity contribution in [2.75, 3.05) is 11.4 Å². The van der Waals surface area contributed by atoms with Crippen LogP contribution < -0.4 is 10.5 Å². The minimum absolute atomic E-state index is 0.00395. The molecule has 2 aromatic heterocycles. The Morgan fingerprint density at radius 2 is 1.90 bits per heavy atom. The molecule has 1 atom stereocenters. The van der Waals surface area contributed by atoms with Crippen LogP contribution in [0.5, 0.6) is 0 Å². The molecule has 0 radical (unpaired) electrons. The SMILES string of the molecule is CC(Sc1nc2c(cnn2-c2ccccc2)c(=O)[nH]1)C(=O)N1CCc2ccccc21. The number of fused-ring (bicyclic) bond motifs is 2. The van der Waals surface area contributed by atoms with Gasteiger partial charge >= 0.3 is 0 Å². The molecule has 30 heavy (non-hydrogen) atoms. The van der Waals surface area contributed by atoms with Crippen LogP contribution in [0.4, 0.5) is 5.69 Å². The standard InChI is InChI=1S/C22H19N5O2S/c1-14(21(29)26-12-11-15-7-5-6-10-18(15)26)30-22-24-19-17(20(28)25-22)13-23-27(19)16-8-3-2-4-9-16/h2-10,13-14H,11-12H2,1H3,(H,24,25,28). The Morgan fingerprint density at radius 1 is 1.13 bits per heavy atom. The third kappa shape index (κ3) is 3.19. The number of carbonyl (C=O) groups is 1. The first kappa shape index (κ1) is 18.6. The molecule has 8 heteroatoms. The van der Waals surface area contributed by atoms with E-state index in [1.54, 1.807) is 4.68 Å². The van der Waals surface area contributed by atoms with Crippen molar-refractivity contribution in [3.63, 3.8) is 0 Å². The molecule has 1 aliphatic rings. The van der Waals surface area contributed by atoms with Gasteiger partial charge in [0.25, 0.3) is 5.56 Å². The first-order valence-electron chi connectivity index (χ1n) is 9.71. The highest BCUT2D eigenvalue weighted by Crippen LogP contribution is 2.31. The molecule has 0 saturated carbocycles. The van der Waals surface area contributed by atoms with Gasteiger partial charge in [0.1, 0.15) is 5.39 Å². The molecule has 1 unspecified atom stereocenters. The second kappa shape index (κ2) is 7.46. The van der Waals surface area contributed by atoms with E-state index in [-0.39, 0.29) is 11.5 Å². The van der Waals surface area contributed by atoms with Gasteiger partial charge in [-0.25, -0.2) is 9.67 Å². The number of nitrogens with one attached hydrogen (secondary N) is 1. The van der Waals surface area contributed by atoms with E-state index in [0.29, 0.717) is 22.7 Å². The molecule has 0 aliphatic carbocycles. The lowest BCUT2D eigenvalue weighted by Crippen LogP contribution is -2.35. The average molecular weight is 417 g/mol. The van der Waals surface area contributed by atoms with Crippen molar-refractivity contribution in [1.29, 1.82) is 0 Å². The van der Waals surface area contributed by atoms with E-state index in [1.807, 2.05) is 60.4 Å². The largest absolute Gasteiger partial charge is 0.311 e. The quantitative estimate of drug-likeness (QED) is 0.407. The van der Waals surface area contributed by atoms with Crippen LogP contribution in [-0.4, -0.2) is 37.5 Å². The predicted molar refractivity (Wildman–Crippen MR) is 117 cm³/mol. The molecule has 1 N–H and O–H groups in total. The van der Waals surface area contributed by atoms with E-state index >= 15 is 0 Å². The van der Waals surface area contributed by atoms with Gasteiger partial charge in [-0.05, 0) is 37.1 Å². The summed E-state index contributed by atoms with van der Waals surface area (Å²) in [4.78, 5) is 34.8. The normalized spacial score (nSPS) is 14.1. The molecular formula is C22H19N5O2S. The fourth-order valence-corrected chi connectivity index (χ4v) is 4.57. The van der Waals surface area contributed by atoms with Crippen molar-refractivity contribution in [3.8, 4) is 5.69 Å². The van der Waals surface area contributed by atoms with Gasteiger partial charge < -0.3 is 9.88 Å². The predicted octanol–water partition coefficient (Wildman–Crippen LogP) is 3.18. The molecule has 1 amide bonds. The highest BCUT2D eigenvalue weighted by molar-refractivity contribution is 8.00. The summed E-state index contributed by atoms with van der Waals surface area (Å²) in [5.41, 5.74) is 3.17. The minimum Gasteiger partial charge on any atom is -0.311 e. The molecule has 7 nitrogen and oxygen atoms in total. The topological polar surface area (TPSA) is 83.9 Å². The van der Waals surface area contributed by atoms with E-state index in [9.17, 15) is 9.59 Å². The number of carbonyl (C=O) groups excluding carboxylic acids is 1. The van der Waals surface area contributed by atoms with Gasteiger partial charge in [-0.2, -0.15) is 5.10 Å². The number of aromatic nitrogens is 4. The number of amides is 1. The van der Waals surface area contributed by atoms with Gasteiger partial charge in [0.2, 0.25) is 5.91 Å². The monoisotopic (exact) mass is 417 g/mol. The summed E-state index contributed by atoms with van der Waals surface area (Å²) in [6.07, 6.45) is 2.37. The molecule has 2 aromatic carbocycles. The van der Waals surface area contributed by atoms with Crippen LogP contribution >= 0.6 is 11.8 Å². The zero-order valence-corrected chi connectivity index (χ0v) is 17.1.